The van der Waals surface area contributed by atoms with Crippen molar-refractivity contribution in [3.8, 4) is 22.8 Å². The molecule has 0 aliphatic carbocycles. The Morgan fingerprint density at radius 3 is 2.36 bits per heavy atom. The van der Waals surface area contributed by atoms with E-state index in [1.54, 1.807) is 6.20 Å². The molecule has 0 fully saturated rings. The van der Waals surface area contributed by atoms with Crippen molar-refractivity contribution in [3.05, 3.63) is 79.0 Å². The van der Waals surface area contributed by atoms with Crippen LogP contribution in [0, 0.1) is 0 Å². The third-order valence-electron chi connectivity index (χ3n) is 4.17. The monoisotopic (exact) mass is 323 g/mol. The first-order valence-corrected chi connectivity index (χ1v) is 8.02. The van der Waals surface area contributed by atoms with Gasteiger partial charge in [0, 0.05) is 11.8 Å². The van der Waals surface area contributed by atoms with E-state index >= 15 is 0 Å². The van der Waals surface area contributed by atoms with E-state index in [0.717, 1.165) is 33.6 Å². The summed E-state index contributed by atoms with van der Waals surface area (Å²) in [7, 11) is 0. The summed E-state index contributed by atoms with van der Waals surface area (Å²) in [5.74, 6) is 0.714. The van der Waals surface area contributed by atoms with Crippen molar-refractivity contribution in [2.75, 3.05) is 0 Å². The lowest BCUT2D eigenvalue weighted by atomic mass is 10.1. The van der Waals surface area contributed by atoms with Crippen LogP contribution in [-0.4, -0.2) is 24.6 Å². The highest BCUT2D eigenvalue weighted by molar-refractivity contribution is 5.87. The maximum Gasteiger partial charge on any atom is 0.188 e. The number of nitrogens with zero attached hydrogens (tertiary/aromatic N) is 5. The average molecular weight is 323 g/mol. The molecule has 5 aromatic rings. The van der Waals surface area contributed by atoms with Crippen LogP contribution in [0.25, 0.3) is 39.5 Å². The molecule has 0 N–H and O–H groups in total. The lowest BCUT2D eigenvalue weighted by molar-refractivity contribution is 1.10. The minimum atomic E-state index is 0.714. The first kappa shape index (κ1) is 13.8. The molecule has 0 saturated carbocycles. The third-order valence-corrected chi connectivity index (χ3v) is 4.17. The van der Waals surface area contributed by atoms with Gasteiger partial charge in [-0.05, 0) is 24.3 Å². The van der Waals surface area contributed by atoms with E-state index in [2.05, 4.69) is 15.2 Å². The van der Waals surface area contributed by atoms with Gasteiger partial charge in [0.1, 0.15) is 11.4 Å². The molecule has 3 heterocycles. The highest BCUT2D eigenvalue weighted by Crippen LogP contribution is 2.28. The number of hydrogen-bond donors (Lipinski definition) is 0. The Morgan fingerprint density at radius 1 is 0.720 bits per heavy atom. The van der Waals surface area contributed by atoms with Gasteiger partial charge in [-0.25, -0.2) is 4.98 Å². The molecule has 0 unspecified atom stereocenters. The first-order valence-electron chi connectivity index (χ1n) is 8.02. The molecule has 118 valence electrons. The van der Waals surface area contributed by atoms with Crippen LogP contribution in [0.3, 0.4) is 0 Å². The number of rotatable bonds is 2. The Labute approximate surface area is 143 Å². The van der Waals surface area contributed by atoms with Gasteiger partial charge in [-0.1, -0.05) is 48.5 Å². The summed E-state index contributed by atoms with van der Waals surface area (Å²) in [6.45, 7) is 0. The quantitative estimate of drug-likeness (QED) is 0.492. The predicted octanol–water partition coefficient (Wildman–Crippen LogP) is 4.01. The summed E-state index contributed by atoms with van der Waals surface area (Å²) >= 11 is 0. The van der Waals surface area contributed by atoms with Crippen LogP contribution in [0.4, 0.5) is 0 Å². The second kappa shape index (κ2) is 5.49. The molecule has 5 nitrogen and oxygen atoms in total. The second-order valence-electron chi connectivity index (χ2n) is 5.71. The first-order chi connectivity index (χ1) is 12.4. The normalized spacial score (nSPS) is 11.2. The van der Waals surface area contributed by atoms with E-state index in [9.17, 15) is 0 Å². The van der Waals surface area contributed by atoms with Gasteiger partial charge >= 0.3 is 0 Å². The number of pyridine rings is 1. The molecule has 0 saturated heterocycles. The zero-order chi connectivity index (χ0) is 16.6. The molecule has 0 aliphatic heterocycles. The van der Waals surface area contributed by atoms with Gasteiger partial charge in [0.2, 0.25) is 0 Å². The van der Waals surface area contributed by atoms with E-state index in [0.29, 0.717) is 5.82 Å². The van der Waals surface area contributed by atoms with Crippen molar-refractivity contribution in [2.45, 2.75) is 0 Å². The highest BCUT2D eigenvalue weighted by Gasteiger charge is 2.17. The minimum absolute atomic E-state index is 0.714. The van der Waals surface area contributed by atoms with Crippen molar-refractivity contribution < 1.29 is 0 Å². The fraction of sp³-hybridized carbons (Fsp3) is 0. The van der Waals surface area contributed by atoms with Gasteiger partial charge in [0.15, 0.2) is 11.5 Å². The summed E-state index contributed by atoms with van der Waals surface area (Å²) in [6.07, 6.45) is 1.76. The zero-order valence-corrected chi connectivity index (χ0v) is 13.2. The molecule has 3 aromatic heterocycles. The number of para-hydroxylation sites is 2. The molecule has 0 amide bonds. The van der Waals surface area contributed by atoms with E-state index in [1.165, 1.54) is 0 Å². The van der Waals surface area contributed by atoms with Crippen molar-refractivity contribution in [1.82, 2.24) is 24.6 Å². The molecule has 25 heavy (non-hydrogen) atoms. The number of hydrogen-bond acceptors (Lipinski definition) is 4. The Hall–Kier alpha value is -3.60. The molecule has 0 atom stereocenters. The van der Waals surface area contributed by atoms with E-state index < -0.39 is 0 Å². The fourth-order valence-corrected chi connectivity index (χ4v) is 3.03. The van der Waals surface area contributed by atoms with Gasteiger partial charge in [-0.15, -0.1) is 10.2 Å². The minimum Gasteiger partial charge on any atom is -0.270 e. The summed E-state index contributed by atoms with van der Waals surface area (Å²) in [5, 5.41) is 8.84. The van der Waals surface area contributed by atoms with E-state index in [4.69, 9.17) is 4.98 Å². The Kier molecular flexibility index (Phi) is 3.03. The number of fused-ring (bicyclic) bond motifs is 3. The standard InChI is InChI=1S/C20H13N5/c1-2-8-14(9-3-1)18-20-24-23-19(16-11-6-7-13-21-16)25(20)17-12-5-4-10-15(17)22-18/h1-13H. The molecular weight excluding hydrogens is 310 g/mol. The predicted molar refractivity (Wildman–Crippen MR) is 97.0 cm³/mol. The van der Waals surface area contributed by atoms with Crippen molar-refractivity contribution in [3.63, 3.8) is 0 Å². The maximum absolute atomic E-state index is 4.84. The maximum atomic E-state index is 4.84. The highest BCUT2D eigenvalue weighted by atomic mass is 15.3. The summed E-state index contributed by atoms with van der Waals surface area (Å²) in [4.78, 5) is 9.27. The van der Waals surface area contributed by atoms with Crippen LogP contribution < -0.4 is 0 Å². The Bertz CT molecular complexity index is 1180. The smallest absolute Gasteiger partial charge is 0.188 e. The molecule has 0 bridgehead atoms. The molecule has 0 radical (unpaired) electrons. The van der Waals surface area contributed by atoms with Gasteiger partial charge in [0.05, 0.1) is 11.0 Å². The van der Waals surface area contributed by atoms with Crippen LogP contribution in [0.1, 0.15) is 0 Å². The van der Waals surface area contributed by atoms with Crippen LogP contribution >= 0.6 is 0 Å². The largest absolute Gasteiger partial charge is 0.270 e. The summed E-state index contributed by atoms with van der Waals surface area (Å²) < 4.78 is 2.03. The third kappa shape index (κ3) is 2.17. The SMILES string of the molecule is c1ccc(-c2nc3ccccc3n3c(-c4ccccn4)nnc23)cc1. The number of benzene rings is 2. The molecule has 2 aromatic carbocycles. The molecule has 5 heteroatoms. The molecule has 5 rings (SSSR count). The van der Waals surface area contributed by atoms with Crippen LogP contribution in [-0.2, 0) is 0 Å². The van der Waals surface area contributed by atoms with Gasteiger partial charge in [-0.2, -0.15) is 0 Å². The van der Waals surface area contributed by atoms with Crippen molar-refractivity contribution >= 4 is 16.7 Å². The zero-order valence-electron chi connectivity index (χ0n) is 13.2. The van der Waals surface area contributed by atoms with Gasteiger partial charge in [-0.3, -0.25) is 9.38 Å². The van der Waals surface area contributed by atoms with Gasteiger partial charge in [0.25, 0.3) is 0 Å². The Morgan fingerprint density at radius 2 is 1.52 bits per heavy atom. The second-order valence-corrected chi connectivity index (χ2v) is 5.71. The van der Waals surface area contributed by atoms with Gasteiger partial charge < -0.3 is 0 Å². The van der Waals surface area contributed by atoms with Crippen LogP contribution in [0.2, 0.25) is 0 Å². The molecular formula is C20H13N5. The summed E-state index contributed by atoms with van der Waals surface area (Å²) in [5.41, 5.74) is 5.19. The topological polar surface area (TPSA) is 56.0 Å². The average Bonchev–Trinajstić information content (AvgIpc) is 3.14. The van der Waals surface area contributed by atoms with Crippen LogP contribution in [0.5, 0.6) is 0 Å². The Balaban J connectivity index is 1.93. The van der Waals surface area contributed by atoms with E-state index in [1.807, 2.05) is 77.2 Å². The lowest BCUT2D eigenvalue weighted by Crippen LogP contribution is -1.98. The molecule has 0 aliphatic rings. The fourth-order valence-electron chi connectivity index (χ4n) is 3.03. The van der Waals surface area contributed by atoms with Crippen molar-refractivity contribution in [2.24, 2.45) is 0 Å². The van der Waals surface area contributed by atoms with E-state index in [-0.39, 0.29) is 0 Å². The molecule has 0 spiro atoms. The van der Waals surface area contributed by atoms with Crippen LogP contribution in [0.15, 0.2) is 79.0 Å². The van der Waals surface area contributed by atoms with Crippen molar-refractivity contribution in [1.29, 1.82) is 0 Å². The number of aromatic nitrogens is 5. The lowest BCUT2D eigenvalue weighted by Gasteiger charge is -2.08. The summed E-state index contributed by atoms with van der Waals surface area (Å²) in [6, 6.07) is 23.8.